The molecule has 2 aromatic carbocycles. The van der Waals surface area contributed by atoms with Crippen molar-refractivity contribution < 1.29 is 0 Å². The fourth-order valence-electron chi connectivity index (χ4n) is 2.35. The minimum atomic E-state index is 0.0849. The lowest BCUT2D eigenvalue weighted by molar-refractivity contribution is 1.13. The molecule has 0 aromatic heterocycles. The number of rotatable bonds is 2. The molecular formula is C15H16P2. The van der Waals surface area contributed by atoms with E-state index in [1.165, 1.54) is 18.7 Å². The van der Waals surface area contributed by atoms with Crippen LogP contribution in [0.4, 0.5) is 0 Å². The van der Waals surface area contributed by atoms with E-state index in [0.29, 0.717) is 0 Å². The minimum Gasteiger partial charge on any atom is -0.0622 e. The van der Waals surface area contributed by atoms with Gasteiger partial charge in [-0.3, -0.25) is 0 Å². The van der Waals surface area contributed by atoms with Gasteiger partial charge in [0.05, 0.1) is 0 Å². The maximum Gasteiger partial charge on any atom is -0.0193 e. The zero-order valence-corrected chi connectivity index (χ0v) is 11.6. The van der Waals surface area contributed by atoms with Crippen LogP contribution in [0.15, 0.2) is 60.7 Å². The highest BCUT2D eigenvalue weighted by Crippen LogP contribution is 2.71. The first kappa shape index (κ1) is 11.4. The molecule has 1 heterocycles. The van der Waals surface area contributed by atoms with Crippen molar-refractivity contribution in [3.63, 3.8) is 0 Å². The van der Waals surface area contributed by atoms with Crippen LogP contribution in [-0.4, -0.2) is 12.3 Å². The Morgan fingerprint density at radius 2 is 1.00 bits per heavy atom. The predicted octanol–water partition coefficient (Wildman–Crippen LogP) is 3.92. The molecular weight excluding hydrogens is 242 g/mol. The molecule has 0 N–H and O–H groups in total. The van der Waals surface area contributed by atoms with Crippen LogP contribution in [0.2, 0.25) is 0 Å². The van der Waals surface area contributed by atoms with Gasteiger partial charge < -0.3 is 0 Å². The molecule has 1 aliphatic rings. The summed E-state index contributed by atoms with van der Waals surface area (Å²) in [5, 5.41) is 3.21. The lowest BCUT2D eigenvalue weighted by Gasteiger charge is -2.21. The third-order valence-corrected chi connectivity index (χ3v) is 11.3. The molecule has 2 atom stereocenters. The molecule has 0 spiro atoms. The fourth-order valence-corrected chi connectivity index (χ4v) is 10.9. The van der Waals surface area contributed by atoms with Gasteiger partial charge in [-0.2, -0.15) is 0 Å². The standard InChI is InChI=1S/C15H16P2/c1-3-8-14(9-4-1)16-12-7-13-17(16)15-10-5-2-6-11-15/h1-6,8-11H,7,12-13H2. The molecule has 1 fully saturated rings. The predicted molar refractivity (Wildman–Crippen MR) is 80.3 cm³/mol. The molecule has 86 valence electrons. The Balaban J connectivity index is 1.91. The van der Waals surface area contributed by atoms with Crippen LogP contribution < -0.4 is 10.6 Å². The highest BCUT2D eigenvalue weighted by Gasteiger charge is 2.28. The maximum absolute atomic E-state index is 2.33. The van der Waals surface area contributed by atoms with Crippen LogP contribution >= 0.6 is 15.2 Å². The second kappa shape index (κ2) is 5.30. The molecule has 0 saturated carbocycles. The van der Waals surface area contributed by atoms with E-state index in [0.717, 1.165) is 0 Å². The van der Waals surface area contributed by atoms with E-state index >= 15 is 0 Å². The van der Waals surface area contributed by atoms with E-state index in [1.807, 2.05) is 0 Å². The van der Waals surface area contributed by atoms with Crippen molar-refractivity contribution in [1.82, 2.24) is 0 Å². The summed E-state index contributed by atoms with van der Waals surface area (Å²) in [5.41, 5.74) is 0. The van der Waals surface area contributed by atoms with Crippen molar-refractivity contribution in [3.8, 4) is 0 Å². The zero-order chi connectivity index (χ0) is 11.5. The second-order valence-electron chi connectivity index (χ2n) is 4.27. The molecule has 0 amide bonds. The Bertz CT molecular complexity index is 421. The first-order chi connectivity index (χ1) is 8.45. The number of hydrogen-bond donors (Lipinski definition) is 0. The summed E-state index contributed by atoms with van der Waals surface area (Å²) in [7, 11) is 0.170. The van der Waals surface area contributed by atoms with Crippen molar-refractivity contribution in [2.24, 2.45) is 0 Å². The van der Waals surface area contributed by atoms with E-state index in [4.69, 9.17) is 0 Å². The third-order valence-electron chi connectivity index (χ3n) is 3.14. The van der Waals surface area contributed by atoms with Gasteiger partial charge in [0.25, 0.3) is 0 Å². The average Bonchev–Trinajstić information content (AvgIpc) is 2.90. The highest BCUT2D eigenvalue weighted by atomic mass is 32.1. The van der Waals surface area contributed by atoms with Gasteiger partial charge in [-0.1, -0.05) is 60.7 Å². The molecule has 2 unspecified atom stereocenters. The molecule has 0 bridgehead atoms. The van der Waals surface area contributed by atoms with E-state index in [1.54, 1.807) is 10.6 Å². The fraction of sp³-hybridized carbons (Fsp3) is 0.200. The molecule has 2 heteroatoms. The van der Waals surface area contributed by atoms with Crippen molar-refractivity contribution in [2.75, 3.05) is 12.3 Å². The molecule has 0 radical (unpaired) electrons. The first-order valence-corrected chi connectivity index (χ1v) is 9.86. The topological polar surface area (TPSA) is 0 Å². The minimum absolute atomic E-state index is 0.0849. The van der Waals surface area contributed by atoms with Crippen molar-refractivity contribution in [3.05, 3.63) is 60.7 Å². The highest BCUT2D eigenvalue weighted by molar-refractivity contribution is 8.36. The molecule has 17 heavy (non-hydrogen) atoms. The maximum atomic E-state index is 2.33. The summed E-state index contributed by atoms with van der Waals surface area (Å²) in [6.07, 6.45) is 4.28. The molecule has 1 saturated heterocycles. The molecule has 1 aliphatic heterocycles. The van der Waals surface area contributed by atoms with Gasteiger partial charge in [-0.05, 0) is 44.6 Å². The monoisotopic (exact) mass is 258 g/mol. The Morgan fingerprint density at radius 1 is 0.588 bits per heavy atom. The third kappa shape index (κ3) is 2.44. The van der Waals surface area contributed by atoms with E-state index in [9.17, 15) is 0 Å². The van der Waals surface area contributed by atoms with E-state index in [2.05, 4.69) is 60.7 Å². The quantitative estimate of drug-likeness (QED) is 0.716. The Hall–Kier alpha value is -0.700. The summed E-state index contributed by atoms with van der Waals surface area (Å²) < 4.78 is 0. The number of hydrogen-bond acceptors (Lipinski definition) is 0. The van der Waals surface area contributed by atoms with Crippen LogP contribution in [0.5, 0.6) is 0 Å². The van der Waals surface area contributed by atoms with Gasteiger partial charge in [0, 0.05) is 0 Å². The lowest BCUT2D eigenvalue weighted by atomic mass is 10.4. The Kier molecular flexibility index (Phi) is 3.55. The van der Waals surface area contributed by atoms with Gasteiger partial charge in [-0.15, -0.1) is 0 Å². The summed E-state index contributed by atoms with van der Waals surface area (Å²) >= 11 is 0. The van der Waals surface area contributed by atoms with Gasteiger partial charge in [-0.25, -0.2) is 0 Å². The van der Waals surface area contributed by atoms with Crippen LogP contribution in [0.25, 0.3) is 0 Å². The van der Waals surface area contributed by atoms with Gasteiger partial charge in [0.2, 0.25) is 0 Å². The summed E-state index contributed by atoms with van der Waals surface area (Å²) in [5.74, 6) is 0. The number of benzene rings is 2. The largest absolute Gasteiger partial charge is 0.0622 e. The van der Waals surface area contributed by atoms with Crippen molar-refractivity contribution in [1.29, 1.82) is 0 Å². The van der Waals surface area contributed by atoms with E-state index < -0.39 is 0 Å². The Labute approximate surface area is 105 Å². The first-order valence-electron chi connectivity index (χ1n) is 6.10. The molecule has 3 rings (SSSR count). The second-order valence-corrected chi connectivity index (χ2v) is 10.7. The summed E-state index contributed by atoms with van der Waals surface area (Å²) in [4.78, 5) is 0. The summed E-state index contributed by atoms with van der Waals surface area (Å²) in [6, 6.07) is 22.3. The van der Waals surface area contributed by atoms with Crippen LogP contribution in [-0.2, 0) is 0 Å². The zero-order valence-electron chi connectivity index (χ0n) is 9.79. The Morgan fingerprint density at radius 3 is 1.41 bits per heavy atom. The van der Waals surface area contributed by atoms with Crippen molar-refractivity contribution in [2.45, 2.75) is 6.42 Å². The smallest absolute Gasteiger partial charge is 0.0193 e. The lowest BCUT2D eigenvalue weighted by Crippen LogP contribution is -2.03. The SMILES string of the molecule is c1ccc(P2CCCP2c2ccccc2)cc1. The van der Waals surface area contributed by atoms with Gasteiger partial charge in [0.1, 0.15) is 0 Å². The van der Waals surface area contributed by atoms with Crippen LogP contribution in [0, 0.1) is 0 Å². The normalized spacial score (nSPS) is 23.8. The van der Waals surface area contributed by atoms with Gasteiger partial charge >= 0.3 is 0 Å². The summed E-state index contributed by atoms with van der Waals surface area (Å²) in [6.45, 7) is 0. The van der Waals surface area contributed by atoms with Crippen LogP contribution in [0.3, 0.4) is 0 Å². The molecule has 0 nitrogen and oxygen atoms in total. The average molecular weight is 258 g/mol. The molecule has 0 aliphatic carbocycles. The van der Waals surface area contributed by atoms with E-state index in [-0.39, 0.29) is 15.2 Å². The van der Waals surface area contributed by atoms with Crippen molar-refractivity contribution >= 4 is 25.8 Å². The molecule has 2 aromatic rings. The van der Waals surface area contributed by atoms with Crippen LogP contribution in [0.1, 0.15) is 6.42 Å². The van der Waals surface area contributed by atoms with Gasteiger partial charge in [0.15, 0.2) is 0 Å².